The predicted octanol–water partition coefficient (Wildman–Crippen LogP) is 2.40. The molecule has 0 bridgehead atoms. The summed E-state index contributed by atoms with van der Waals surface area (Å²) >= 11 is 5.94. The van der Waals surface area contributed by atoms with Gasteiger partial charge in [-0.3, -0.25) is 4.68 Å². The van der Waals surface area contributed by atoms with Gasteiger partial charge in [0.15, 0.2) is 0 Å². The number of likely N-dealkylation sites (N-methyl/N-ethyl adjacent to an activating group) is 1. The first-order chi connectivity index (χ1) is 9.19. The van der Waals surface area contributed by atoms with Crippen molar-refractivity contribution in [3.05, 3.63) is 46.7 Å². The molecule has 2 rings (SSSR count). The fourth-order valence-electron chi connectivity index (χ4n) is 2.10. The summed E-state index contributed by atoms with van der Waals surface area (Å²) in [5, 5.41) is 12.3. The quantitative estimate of drug-likeness (QED) is 0.882. The third-order valence-electron chi connectivity index (χ3n) is 3.09. The Labute approximate surface area is 118 Å². The lowest BCUT2D eigenvalue weighted by Crippen LogP contribution is -2.22. The van der Waals surface area contributed by atoms with E-state index in [1.165, 1.54) is 5.56 Å². The highest BCUT2D eigenvalue weighted by Gasteiger charge is 2.14. The highest BCUT2D eigenvalue weighted by atomic mass is 35.5. The van der Waals surface area contributed by atoms with Gasteiger partial charge in [-0.15, -0.1) is 5.10 Å². The number of rotatable bonds is 6. The van der Waals surface area contributed by atoms with Crippen molar-refractivity contribution in [3.63, 3.8) is 0 Å². The lowest BCUT2D eigenvalue weighted by Gasteiger charge is -2.16. The number of hydrogen-bond acceptors (Lipinski definition) is 3. The first-order valence-corrected chi connectivity index (χ1v) is 6.88. The first kappa shape index (κ1) is 14.0. The van der Waals surface area contributed by atoms with Gasteiger partial charge in [0.1, 0.15) is 0 Å². The van der Waals surface area contributed by atoms with E-state index in [0.717, 1.165) is 30.2 Å². The van der Waals surface area contributed by atoms with Crippen molar-refractivity contribution >= 4 is 11.6 Å². The second-order valence-corrected chi connectivity index (χ2v) is 5.08. The van der Waals surface area contributed by atoms with E-state index >= 15 is 0 Å². The highest BCUT2D eigenvalue weighted by molar-refractivity contribution is 6.30. The van der Waals surface area contributed by atoms with E-state index in [1.54, 1.807) is 4.68 Å². The van der Waals surface area contributed by atoms with Crippen molar-refractivity contribution in [3.8, 4) is 0 Å². The minimum Gasteiger partial charge on any atom is -0.316 e. The number of halogens is 1. The molecule has 0 saturated carbocycles. The summed E-state index contributed by atoms with van der Waals surface area (Å²) < 4.78 is 1.74. The van der Waals surface area contributed by atoms with Gasteiger partial charge in [-0.05, 0) is 24.2 Å². The molecule has 0 aliphatic rings. The number of aryl methyl sites for hydroxylation is 1. The van der Waals surface area contributed by atoms with Crippen LogP contribution in [0, 0.1) is 0 Å². The Morgan fingerprint density at radius 3 is 2.63 bits per heavy atom. The molecule has 0 fully saturated rings. The Morgan fingerprint density at radius 1 is 1.32 bits per heavy atom. The van der Waals surface area contributed by atoms with Crippen molar-refractivity contribution in [2.24, 2.45) is 7.05 Å². The topological polar surface area (TPSA) is 42.7 Å². The second-order valence-electron chi connectivity index (χ2n) is 4.64. The van der Waals surface area contributed by atoms with Crippen LogP contribution < -0.4 is 5.32 Å². The van der Waals surface area contributed by atoms with Crippen LogP contribution in [0.2, 0.25) is 5.02 Å². The Hall–Kier alpha value is -1.39. The van der Waals surface area contributed by atoms with Gasteiger partial charge in [0.25, 0.3) is 0 Å². The van der Waals surface area contributed by atoms with E-state index in [2.05, 4.69) is 34.7 Å². The molecule has 4 nitrogen and oxygen atoms in total. The molecule has 1 heterocycles. The van der Waals surface area contributed by atoms with Crippen molar-refractivity contribution in [2.75, 3.05) is 13.1 Å². The summed E-state index contributed by atoms with van der Waals surface area (Å²) in [7, 11) is 1.89. The lowest BCUT2D eigenvalue weighted by molar-refractivity contribution is 0.588. The first-order valence-electron chi connectivity index (χ1n) is 6.50. The summed E-state index contributed by atoms with van der Waals surface area (Å²) in [5.41, 5.74) is 2.29. The molecule has 19 heavy (non-hydrogen) atoms. The van der Waals surface area contributed by atoms with Crippen LogP contribution in [0.15, 0.2) is 30.5 Å². The van der Waals surface area contributed by atoms with Crippen LogP contribution in [0.3, 0.4) is 0 Å². The van der Waals surface area contributed by atoms with Gasteiger partial charge in [-0.2, -0.15) is 0 Å². The summed E-state index contributed by atoms with van der Waals surface area (Å²) in [5.74, 6) is 0.383. The minimum absolute atomic E-state index is 0.383. The Morgan fingerprint density at radius 2 is 2.05 bits per heavy atom. The van der Waals surface area contributed by atoms with Gasteiger partial charge in [0, 0.05) is 37.2 Å². The van der Waals surface area contributed by atoms with Crippen LogP contribution in [-0.4, -0.2) is 28.1 Å². The van der Waals surface area contributed by atoms with Gasteiger partial charge in [0.2, 0.25) is 0 Å². The fourth-order valence-corrected chi connectivity index (χ4v) is 2.23. The van der Waals surface area contributed by atoms with E-state index in [4.69, 9.17) is 11.6 Å². The summed E-state index contributed by atoms with van der Waals surface area (Å²) in [6.07, 6.45) is 2.84. The summed E-state index contributed by atoms with van der Waals surface area (Å²) in [4.78, 5) is 0. The van der Waals surface area contributed by atoms with Gasteiger partial charge in [-0.25, -0.2) is 0 Å². The van der Waals surface area contributed by atoms with Gasteiger partial charge in [-0.1, -0.05) is 35.9 Å². The number of hydrogen-bond donors (Lipinski definition) is 1. The van der Waals surface area contributed by atoms with E-state index < -0.39 is 0 Å². The molecular formula is C14H19ClN4. The molecule has 0 saturated heterocycles. The van der Waals surface area contributed by atoms with Crippen LogP contribution in [0.25, 0.3) is 0 Å². The zero-order valence-corrected chi connectivity index (χ0v) is 12.1. The van der Waals surface area contributed by atoms with E-state index in [0.29, 0.717) is 5.92 Å². The van der Waals surface area contributed by atoms with Crippen molar-refractivity contribution in [1.29, 1.82) is 0 Å². The Balaban J connectivity index is 2.13. The molecule has 2 aromatic rings. The maximum Gasteiger partial charge on any atom is 0.0833 e. The highest BCUT2D eigenvalue weighted by Crippen LogP contribution is 2.21. The van der Waals surface area contributed by atoms with E-state index in [9.17, 15) is 0 Å². The predicted molar refractivity (Wildman–Crippen MR) is 77.4 cm³/mol. The van der Waals surface area contributed by atoms with Crippen LogP contribution in [0.1, 0.15) is 24.1 Å². The monoisotopic (exact) mass is 278 g/mol. The Kier molecular flexibility index (Phi) is 4.93. The molecule has 1 unspecified atom stereocenters. The zero-order valence-electron chi connectivity index (χ0n) is 11.3. The van der Waals surface area contributed by atoms with Gasteiger partial charge >= 0.3 is 0 Å². The number of aromatic nitrogens is 3. The van der Waals surface area contributed by atoms with Gasteiger partial charge < -0.3 is 5.32 Å². The van der Waals surface area contributed by atoms with Gasteiger partial charge in [0.05, 0.1) is 5.69 Å². The molecule has 1 N–H and O–H groups in total. The molecule has 5 heteroatoms. The van der Waals surface area contributed by atoms with Crippen LogP contribution in [0.4, 0.5) is 0 Å². The molecule has 0 aliphatic carbocycles. The molecular weight excluding hydrogens is 260 g/mol. The standard InChI is InChI=1S/C14H19ClN4/c1-3-16-9-12(8-14-10-19(2)18-17-14)11-4-6-13(15)7-5-11/h4-7,10,12,16H,3,8-9H2,1-2H3. The molecule has 102 valence electrons. The normalized spacial score (nSPS) is 12.6. The maximum atomic E-state index is 5.94. The third kappa shape index (κ3) is 4.04. The zero-order chi connectivity index (χ0) is 13.7. The van der Waals surface area contributed by atoms with E-state index in [-0.39, 0.29) is 0 Å². The average Bonchev–Trinajstić information content (AvgIpc) is 2.81. The third-order valence-corrected chi connectivity index (χ3v) is 3.34. The van der Waals surface area contributed by atoms with Crippen molar-refractivity contribution < 1.29 is 0 Å². The van der Waals surface area contributed by atoms with E-state index in [1.807, 2.05) is 25.4 Å². The second kappa shape index (κ2) is 6.68. The number of benzene rings is 1. The van der Waals surface area contributed by atoms with Crippen LogP contribution in [0.5, 0.6) is 0 Å². The SMILES string of the molecule is CCNCC(Cc1cn(C)nn1)c1ccc(Cl)cc1. The van der Waals surface area contributed by atoms with Crippen molar-refractivity contribution in [1.82, 2.24) is 20.3 Å². The van der Waals surface area contributed by atoms with Crippen LogP contribution >= 0.6 is 11.6 Å². The fraction of sp³-hybridized carbons (Fsp3) is 0.429. The average molecular weight is 279 g/mol. The maximum absolute atomic E-state index is 5.94. The molecule has 0 radical (unpaired) electrons. The molecule has 0 spiro atoms. The Bertz CT molecular complexity index is 506. The molecule has 1 aromatic heterocycles. The molecule has 1 aromatic carbocycles. The number of nitrogens with one attached hydrogen (secondary N) is 1. The lowest BCUT2D eigenvalue weighted by atomic mass is 9.94. The molecule has 0 amide bonds. The molecule has 1 atom stereocenters. The smallest absolute Gasteiger partial charge is 0.0833 e. The van der Waals surface area contributed by atoms with Crippen molar-refractivity contribution in [2.45, 2.75) is 19.3 Å². The van der Waals surface area contributed by atoms with Crippen LogP contribution in [-0.2, 0) is 13.5 Å². The summed E-state index contributed by atoms with van der Waals surface area (Å²) in [6, 6.07) is 8.04. The number of nitrogens with zero attached hydrogens (tertiary/aromatic N) is 3. The minimum atomic E-state index is 0.383. The largest absolute Gasteiger partial charge is 0.316 e. The molecule has 0 aliphatic heterocycles. The summed E-state index contributed by atoms with van der Waals surface area (Å²) in [6.45, 7) is 4.00.